The molecule has 0 saturated carbocycles. The monoisotopic (exact) mass is 266 g/mol. The molecule has 1 atom stereocenters. The van der Waals surface area contributed by atoms with Gasteiger partial charge in [-0.15, -0.1) is 0 Å². The molecule has 0 fully saturated rings. The normalized spacial score (nSPS) is 11.5. The van der Waals surface area contributed by atoms with E-state index in [9.17, 15) is 9.59 Å². The standard InChI is InChI=1S/C13H18N2O4/c1-14-8-11(12(16)18-2)15-13(17)19-9-10-6-4-3-5-7-10/h3-7,11,14H,8-9H2,1-2H3,(H,15,17). The SMILES string of the molecule is CNCC(NC(=O)OCc1ccccc1)C(=O)OC. The first-order chi connectivity index (χ1) is 9.17. The Balaban J connectivity index is 2.42. The van der Waals surface area contributed by atoms with E-state index in [2.05, 4.69) is 15.4 Å². The topological polar surface area (TPSA) is 76.7 Å². The second-order valence-electron chi connectivity index (χ2n) is 3.84. The maximum Gasteiger partial charge on any atom is 0.408 e. The predicted octanol–water partition coefficient (Wildman–Crippen LogP) is 0.674. The van der Waals surface area contributed by atoms with Crippen LogP contribution in [-0.2, 0) is 20.9 Å². The molecule has 0 aliphatic carbocycles. The van der Waals surface area contributed by atoms with Gasteiger partial charge in [0.25, 0.3) is 0 Å². The number of ether oxygens (including phenoxy) is 2. The summed E-state index contributed by atoms with van der Waals surface area (Å²) in [6, 6.07) is 8.52. The zero-order valence-electron chi connectivity index (χ0n) is 11.0. The van der Waals surface area contributed by atoms with Crippen LogP contribution in [0.4, 0.5) is 4.79 Å². The molecule has 0 aliphatic rings. The van der Waals surface area contributed by atoms with E-state index in [4.69, 9.17) is 4.74 Å². The summed E-state index contributed by atoms with van der Waals surface area (Å²) in [5, 5.41) is 5.23. The number of amides is 1. The lowest BCUT2D eigenvalue weighted by Gasteiger charge is -2.15. The number of alkyl carbamates (subject to hydrolysis) is 1. The van der Waals surface area contributed by atoms with E-state index in [0.717, 1.165) is 5.56 Å². The Hall–Kier alpha value is -2.08. The lowest BCUT2D eigenvalue weighted by Crippen LogP contribution is -2.47. The van der Waals surface area contributed by atoms with Crippen LogP contribution >= 0.6 is 0 Å². The van der Waals surface area contributed by atoms with Gasteiger partial charge in [-0.2, -0.15) is 0 Å². The highest BCUT2D eigenvalue weighted by molar-refractivity contribution is 5.81. The van der Waals surface area contributed by atoms with Crippen molar-refractivity contribution in [2.45, 2.75) is 12.6 Å². The van der Waals surface area contributed by atoms with Crippen LogP contribution in [-0.4, -0.2) is 38.8 Å². The first-order valence-corrected chi connectivity index (χ1v) is 5.87. The van der Waals surface area contributed by atoms with Crippen LogP contribution in [0.15, 0.2) is 30.3 Å². The maximum atomic E-state index is 11.6. The molecule has 1 rings (SSSR count). The van der Waals surface area contributed by atoms with Crippen LogP contribution in [0, 0.1) is 0 Å². The van der Waals surface area contributed by atoms with Gasteiger partial charge in [-0.05, 0) is 12.6 Å². The van der Waals surface area contributed by atoms with Crippen molar-refractivity contribution in [1.82, 2.24) is 10.6 Å². The van der Waals surface area contributed by atoms with Crippen molar-refractivity contribution < 1.29 is 19.1 Å². The second-order valence-corrected chi connectivity index (χ2v) is 3.84. The lowest BCUT2D eigenvalue weighted by atomic mass is 10.2. The van der Waals surface area contributed by atoms with Crippen LogP contribution < -0.4 is 10.6 Å². The highest BCUT2D eigenvalue weighted by Crippen LogP contribution is 2.00. The maximum absolute atomic E-state index is 11.6. The molecule has 0 saturated heterocycles. The number of methoxy groups -OCH3 is 1. The molecular formula is C13H18N2O4. The van der Waals surface area contributed by atoms with Crippen molar-refractivity contribution >= 4 is 12.1 Å². The van der Waals surface area contributed by atoms with Crippen molar-refractivity contribution in [3.8, 4) is 0 Å². The average Bonchev–Trinajstić information content (AvgIpc) is 2.45. The Morgan fingerprint density at radius 1 is 1.26 bits per heavy atom. The first-order valence-electron chi connectivity index (χ1n) is 5.87. The minimum absolute atomic E-state index is 0.153. The molecular weight excluding hydrogens is 248 g/mol. The molecule has 1 unspecified atom stereocenters. The van der Waals surface area contributed by atoms with Crippen molar-refractivity contribution in [2.24, 2.45) is 0 Å². The summed E-state index contributed by atoms with van der Waals surface area (Å²) in [4.78, 5) is 22.9. The Labute approximate surface area is 112 Å². The summed E-state index contributed by atoms with van der Waals surface area (Å²) in [5.41, 5.74) is 0.876. The summed E-state index contributed by atoms with van der Waals surface area (Å²) in [6.45, 7) is 0.424. The molecule has 0 heterocycles. The quantitative estimate of drug-likeness (QED) is 0.740. The number of hydrogen-bond acceptors (Lipinski definition) is 5. The largest absolute Gasteiger partial charge is 0.467 e. The van der Waals surface area contributed by atoms with Gasteiger partial charge >= 0.3 is 12.1 Å². The van der Waals surface area contributed by atoms with Gasteiger partial charge < -0.3 is 20.1 Å². The number of carbonyl (C=O) groups is 2. The van der Waals surface area contributed by atoms with Gasteiger partial charge in [0.15, 0.2) is 0 Å². The second kappa shape index (κ2) is 8.10. The molecule has 0 radical (unpaired) electrons. The highest BCUT2D eigenvalue weighted by Gasteiger charge is 2.21. The average molecular weight is 266 g/mol. The molecule has 0 aromatic heterocycles. The molecule has 6 nitrogen and oxygen atoms in total. The molecule has 6 heteroatoms. The number of carbonyl (C=O) groups excluding carboxylic acids is 2. The number of likely N-dealkylation sites (N-methyl/N-ethyl adjacent to an activating group) is 1. The molecule has 19 heavy (non-hydrogen) atoms. The Morgan fingerprint density at radius 3 is 2.53 bits per heavy atom. The Bertz CT molecular complexity index is 408. The van der Waals surface area contributed by atoms with Crippen LogP contribution in [0.25, 0.3) is 0 Å². The third kappa shape index (κ3) is 5.39. The lowest BCUT2D eigenvalue weighted by molar-refractivity contribution is -0.142. The number of benzene rings is 1. The van der Waals surface area contributed by atoms with E-state index in [1.807, 2.05) is 30.3 Å². The minimum Gasteiger partial charge on any atom is -0.467 e. The molecule has 1 amide bonds. The predicted molar refractivity (Wildman–Crippen MR) is 69.5 cm³/mol. The zero-order valence-corrected chi connectivity index (χ0v) is 11.0. The van der Waals surface area contributed by atoms with Crippen molar-refractivity contribution in [1.29, 1.82) is 0 Å². The Kier molecular flexibility index (Phi) is 6.38. The van der Waals surface area contributed by atoms with Gasteiger partial charge in [0.1, 0.15) is 12.6 Å². The van der Waals surface area contributed by atoms with E-state index < -0.39 is 18.1 Å². The molecule has 1 aromatic carbocycles. The van der Waals surface area contributed by atoms with Crippen molar-refractivity contribution in [2.75, 3.05) is 20.7 Å². The number of hydrogen-bond donors (Lipinski definition) is 2. The summed E-state index contributed by atoms with van der Waals surface area (Å²) in [7, 11) is 2.94. The number of rotatable bonds is 6. The van der Waals surface area contributed by atoms with E-state index in [1.165, 1.54) is 7.11 Å². The van der Waals surface area contributed by atoms with E-state index in [-0.39, 0.29) is 13.2 Å². The van der Waals surface area contributed by atoms with Gasteiger partial charge in [-0.1, -0.05) is 30.3 Å². The molecule has 2 N–H and O–H groups in total. The van der Waals surface area contributed by atoms with E-state index in [0.29, 0.717) is 0 Å². The summed E-state index contributed by atoms with van der Waals surface area (Å²) < 4.78 is 9.59. The van der Waals surface area contributed by atoms with Crippen molar-refractivity contribution in [3.05, 3.63) is 35.9 Å². The third-order valence-corrected chi connectivity index (χ3v) is 2.40. The zero-order chi connectivity index (χ0) is 14.1. The van der Waals surface area contributed by atoms with Gasteiger partial charge in [0.2, 0.25) is 0 Å². The molecule has 1 aromatic rings. The van der Waals surface area contributed by atoms with Gasteiger partial charge in [0.05, 0.1) is 7.11 Å². The minimum atomic E-state index is -0.765. The molecule has 104 valence electrons. The first kappa shape index (κ1) is 15.0. The molecule has 0 bridgehead atoms. The van der Waals surface area contributed by atoms with Gasteiger partial charge in [0, 0.05) is 6.54 Å². The van der Waals surface area contributed by atoms with Crippen LogP contribution in [0.2, 0.25) is 0 Å². The van der Waals surface area contributed by atoms with E-state index >= 15 is 0 Å². The smallest absolute Gasteiger partial charge is 0.408 e. The third-order valence-electron chi connectivity index (χ3n) is 2.40. The molecule has 0 aliphatic heterocycles. The fourth-order valence-corrected chi connectivity index (χ4v) is 1.45. The summed E-state index contributed by atoms with van der Waals surface area (Å²) >= 11 is 0. The number of esters is 1. The Morgan fingerprint density at radius 2 is 1.95 bits per heavy atom. The van der Waals surface area contributed by atoms with Crippen molar-refractivity contribution in [3.63, 3.8) is 0 Å². The van der Waals surface area contributed by atoms with E-state index in [1.54, 1.807) is 7.05 Å². The molecule has 0 spiro atoms. The highest BCUT2D eigenvalue weighted by atomic mass is 16.6. The number of nitrogens with one attached hydrogen (secondary N) is 2. The van der Waals surface area contributed by atoms with Crippen LogP contribution in [0.5, 0.6) is 0 Å². The van der Waals surface area contributed by atoms with Crippen LogP contribution in [0.1, 0.15) is 5.56 Å². The van der Waals surface area contributed by atoms with Crippen LogP contribution in [0.3, 0.4) is 0 Å². The fourth-order valence-electron chi connectivity index (χ4n) is 1.45. The van der Waals surface area contributed by atoms with Gasteiger partial charge in [-0.3, -0.25) is 0 Å². The van der Waals surface area contributed by atoms with Gasteiger partial charge in [-0.25, -0.2) is 9.59 Å². The fraction of sp³-hybridized carbons (Fsp3) is 0.385. The summed E-state index contributed by atoms with van der Waals surface area (Å²) in [5.74, 6) is -0.522. The summed E-state index contributed by atoms with van der Waals surface area (Å²) in [6.07, 6.45) is -0.658.